The van der Waals surface area contributed by atoms with Gasteiger partial charge in [-0.15, -0.1) is 11.6 Å². The molecule has 1 heterocycles. The molecule has 0 aliphatic heterocycles. The highest BCUT2D eigenvalue weighted by molar-refractivity contribution is 6.33. The fourth-order valence-electron chi connectivity index (χ4n) is 0.932. The molecule has 0 radical (unpaired) electrons. The minimum atomic E-state index is -2.73. The molecule has 2 nitrogen and oxygen atoms in total. The number of rotatable bonds is 3. The van der Waals surface area contributed by atoms with Crippen molar-refractivity contribution in [3.63, 3.8) is 0 Å². The first kappa shape index (κ1) is 11.3. The van der Waals surface area contributed by atoms with E-state index < -0.39 is 12.1 Å². The first-order chi connectivity index (χ1) is 6.60. The molecule has 1 rings (SSSR count). The number of carbonyl (C=O) groups excluding carboxylic acids is 1. The quantitative estimate of drug-likeness (QED) is 0.599. The molecule has 0 unspecified atom stereocenters. The lowest BCUT2D eigenvalue weighted by atomic mass is 10.2. The van der Waals surface area contributed by atoms with E-state index in [1.165, 1.54) is 0 Å². The van der Waals surface area contributed by atoms with E-state index in [1.54, 1.807) is 0 Å². The minimum absolute atomic E-state index is 0.0547. The molecule has 0 amide bonds. The van der Waals surface area contributed by atoms with Gasteiger partial charge >= 0.3 is 0 Å². The predicted molar refractivity (Wildman–Crippen MR) is 49.1 cm³/mol. The number of aldehydes is 1. The Bertz CT molecular complexity index is 357. The van der Waals surface area contributed by atoms with Crippen molar-refractivity contribution < 1.29 is 13.6 Å². The van der Waals surface area contributed by atoms with E-state index in [0.29, 0.717) is 6.29 Å². The molecule has 0 aromatic carbocycles. The second-order valence-corrected chi connectivity index (χ2v) is 3.12. The highest BCUT2D eigenvalue weighted by Gasteiger charge is 2.15. The highest BCUT2D eigenvalue weighted by Crippen LogP contribution is 2.25. The molecule has 0 aliphatic carbocycles. The van der Waals surface area contributed by atoms with E-state index >= 15 is 0 Å². The van der Waals surface area contributed by atoms with E-state index in [-0.39, 0.29) is 22.2 Å². The molecule has 0 N–H and O–H groups in total. The average molecular weight is 240 g/mol. The molecular weight excluding hydrogens is 235 g/mol. The second-order valence-electron chi connectivity index (χ2n) is 2.44. The van der Waals surface area contributed by atoms with Gasteiger partial charge in [-0.1, -0.05) is 11.6 Å². The van der Waals surface area contributed by atoms with Gasteiger partial charge in [0.05, 0.1) is 22.2 Å². The number of pyridine rings is 1. The average Bonchev–Trinajstić information content (AvgIpc) is 2.16. The summed E-state index contributed by atoms with van der Waals surface area (Å²) in [6.07, 6.45) is -2.28. The van der Waals surface area contributed by atoms with Crippen LogP contribution in [0.1, 0.15) is 28.2 Å². The van der Waals surface area contributed by atoms with Gasteiger partial charge in [-0.05, 0) is 6.07 Å². The van der Waals surface area contributed by atoms with Crippen molar-refractivity contribution >= 4 is 29.5 Å². The fourth-order valence-corrected chi connectivity index (χ4v) is 1.40. The van der Waals surface area contributed by atoms with Gasteiger partial charge in [0.25, 0.3) is 6.43 Å². The Hall–Kier alpha value is -0.740. The van der Waals surface area contributed by atoms with Crippen LogP contribution in [-0.2, 0) is 5.88 Å². The van der Waals surface area contributed by atoms with Crippen LogP contribution in [-0.4, -0.2) is 11.3 Å². The molecule has 1 aromatic heterocycles. The lowest BCUT2D eigenvalue weighted by Gasteiger charge is -2.05. The van der Waals surface area contributed by atoms with Gasteiger partial charge in [-0.3, -0.25) is 4.79 Å². The maximum absolute atomic E-state index is 12.2. The Morgan fingerprint density at radius 1 is 1.57 bits per heavy atom. The zero-order chi connectivity index (χ0) is 10.7. The lowest BCUT2D eigenvalue weighted by molar-refractivity contribution is 0.112. The van der Waals surface area contributed by atoms with Gasteiger partial charge in [0.1, 0.15) is 5.69 Å². The van der Waals surface area contributed by atoms with Crippen LogP contribution in [0.25, 0.3) is 0 Å². The molecule has 76 valence electrons. The van der Waals surface area contributed by atoms with Crippen LogP contribution >= 0.6 is 23.2 Å². The fraction of sp³-hybridized carbons (Fsp3) is 0.250. The Labute approximate surface area is 88.8 Å². The van der Waals surface area contributed by atoms with Crippen LogP contribution in [0.5, 0.6) is 0 Å². The van der Waals surface area contributed by atoms with Crippen molar-refractivity contribution in [1.82, 2.24) is 4.98 Å². The van der Waals surface area contributed by atoms with Crippen LogP contribution in [0.3, 0.4) is 0 Å². The number of hydrogen-bond acceptors (Lipinski definition) is 2. The predicted octanol–water partition coefficient (Wildman–Crippen LogP) is 3.22. The third kappa shape index (κ3) is 2.19. The van der Waals surface area contributed by atoms with Crippen LogP contribution in [0, 0.1) is 0 Å². The number of halogens is 4. The summed E-state index contributed by atoms with van der Waals surface area (Å²) in [6.45, 7) is 0. The standard InChI is InChI=1S/C8H5Cl2F2NO/c9-2-7-4(3-14)5(10)1-6(13-7)8(11)12/h1,3,8H,2H2. The van der Waals surface area contributed by atoms with E-state index in [9.17, 15) is 13.6 Å². The van der Waals surface area contributed by atoms with Gasteiger partial charge in [-0.2, -0.15) is 0 Å². The van der Waals surface area contributed by atoms with Gasteiger partial charge < -0.3 is 0 Å². The number of aromatic nitrogens is 1. The molecule has 0 saturated heterocycles. The van der Waals surface area contributed by atoms with E-state index in [2.05, 4.69) is 4.98 Å². The SMILES string of the molecule is O=Cc1c(Cl)cc(C(F)F)nc1CCl. The summed E-state index contributed by atoms with van der Waals surface area (Å²) in [6, 6.07) is 0.964. The summed E-state index contributed by atoms with van der Waals surface area (Å²) in [5.74, 6) is -0.131. The Kier molecular flexibility index (Phi) is 3.77. The van der Waals surface area contributed by atoms with E-state index in [1.807, 2.05) is 0 Å². The summed E-state index contributed by atoms with van der Waals surface area (Å²) in [5, 5.41) is -0.0547. The first-order valence-electron chi connectivity index (χ1n) is 3.58. The van der Waals surface area contributed by atoms with Crippen molar-refractivity contribution in [2.75, 3.05) is 0 Å². The molecule has 0 aliphatic rings. The van der Waals surface area contributed by atoms with Crippen LogP contribution < -0.4 is 0 Å². The maximum atomic E-state index is 12.2. The zero-order valence-corrected chi connectivity index (χ0v) is 8.32. The Morgan fingerprint density at radius 2 is 2.21 bits per heavy atom. The normalized spacial score (nSPS) is 10.6. The zero-order valence-electron chi connectivity index (χ0n) is 6.81. The molecule has 0 fully saturated rings. The van der Waals surface area contributed by atoms with E-state index in [4.69, 9.17) is 23.2 Å². The largest absolute Gasteiger partial charge is 0.298 e. The Morgan fingerprint density at radius 3 is 2.64 bits per heavy atom. The summed E-state index contributed by atoms with van der Waals surface area (Å²) in [7, 11) is 0. The third-order valence-electron chi connectivity index (χ3n) is 1.57. The second kappa shape index (κ2) is 4.66. The summed E-state index contributed by atoms with van der Waals surface area (Å²) < 4.78 is 24.5. The van der Waals surface area contributed by atoms with Gasteiger partial charge in [0.15, 0.2) is 6.29 Å². The molecule has 14 heavy (non-hydrogen) atoms. The lowest BCUT2D eigenvalue weighted by Crippen LogP contribution is -2.00. The molecule has 0 spiro atoms. The van der Waals surface area contributed by atoms with Crippen molar-refractivity contribution in [2.45, 2.75) is 12.3 Å². The summed E-state index contributed by atoms with van der Waals surface area (Å²) in [4.78, 5) is 14.0. The summed E-state index contributed by atoms with van der Waals surface area (Å²) >= 11 is 11.0. The molecule has 0 atom stereocenters. The third-order valence-corrected chi connectivity index (χ3v) is 2.14. The maximum Gasteiger partial charge on any atom is 0.280 e. The summed E-state index contributed by atoms with van der Waals surface area (Å²) in [5.41, 5.74) is -0.341. The van der Waals surface area contributed by atoms with Crippen molar-refractivity contribution in [1.29, 1.82) is 0 Å². The van der Waals surface area contributed by atoms with Crippen LogP contribution in [0.2, 0.25) is 5.02 Å². The number of carbonyl (C=O) groups is 1. The molecule has 6 heteroatoms. The van der Waals surface area contributed by atoms with Crippen molar-refractivity contribution in [3.8, 4) is 0 Å². The van der Waals surface area contributed by atoms with Crippen molar-refractivity contribution in [3.05, 3.63) is 28.0 Å². The highest BCUT2D eigenvalue weighted by atomic mass is 35.5. The molecular formula is C8H5Cl2F2NO. The number of hydrogen-bond donors (Lipinski definition) is 0. The number of nitrogens with zero attached hydrogens (tertiary/aromatic N) is 1. The van der Waals surface area contributed by atoms with Crippen molar-refractivity contribution in [2.24, 2.45) is 0 Å². The topological polar surface area (TPSA) is 30.0 Å². The van der Waals surface area contributed by atoms with Gasteiger partial charge in [-0.25, -0.2) is 13.8 Å². The number of alkyl halides is 3. The Balaban J connectivity index is 3.31. The molecule has 1 aromatic rings. The van der Waals surface area contributed by atoms with Gasteiger partial charge in [0.2, 0.25) is 0 Å². The monoisotopic (exact) mass is 239 g/mol. The van der Waals surface area contributed by atoms with E-state index in [0.717, 1.165) is 6.07 Å². The van der Waals surface area contributed by atoms with Gasteiger partial charge in [0, 0.05) is 0 Å². The minimum Gasteiger partial charge on any atom is -0.298 e. The van der Waals surface area contributed by atoms with Crippen LogP contribution in [0.15, 0.2) is 6.07 Å². The molecule has 0 bridgehead atoms. The molecule has 0 saturated carbocycles. The smallest absolute Gasteiger partial charge is 0.280 e. The van der Waals surface area contributed by atoms with Crippen LogP contribution in [0.4, 0.5) is 8.78 Å². The first-order valence-corrected chi connectivity index (χ1v) is 4.50.